The third kappa shape index (κ3) is 4.28. The highest BCUT2D eigenvalue weighted by atomic mass is 32.1. The van der Waals surface area contributed by atoms with Crippen molar-refractivity contribution in [1.29, 1.82) is 0 Å². The van der Waals surface area contributed by atoms with Gasteiger partial charge in [-0.05, 0) is 30.0 Å². The molecule has 2 aromatic heterocycles. The zero-order valence-electron chi connectivity index (χ0n) is 16.9. The van der Waals surface area contributed by atoms with Crippen molar-refractivity contribution in [2.24, 2.45) is 4.99 Å². The summed E-state index contributed by atoms with van der Waals surface area (Å²) in [4.78, 5) is 32.1. The summed E-state index contributed by atoms with van der Waals surface area (Å²) in [5.74, 6) is -0.488. The van der Waals surface area contributed by atoms with Crippen LogP contribution in [0.25, 0.3) is 12.2 Å². The molecule has 1 aromatic carbocycles. The molecule has 4 rings (SSSR count). The predicted octanol–water partition coefficient (Wildman–Crippen LogP) is 3.69. The fraction of sp³-hybridized carbons (Fsp3) is 0.125. The van der Waals surface area contributed by atoms with E-state index in [1.54, 1.807) is 17.6 Å². The third-order valence-electron chi connectivity index (χ3n) is 4.72. The lowest BCUT2D eigenvalue weighted by Crippen LogP contribution is -2.39. The molecule has 1 unspecified atom stereocenters. The van der Waals surface area contributed by atoms with Crippen LogP contribution >= 0.6 is 22.7 Å². The van der Waals surface area contributed by atoms with Gasteiger partial charge in [-0.15, -0.1) is 11.3 Å². The van der Waals surface area contributed by atoms with Crippen molar-refractivity contribution in [3.63, 3.8) is 0 Å². The summed E-state index contributed by atoms with van der Waals surface area (Å²) in [6.07, 6.45) is 7.10. The summed E-state index contributed by atoms with van der Waals surface area (Å²) < 4.78 is 7.45. The first kappa shape index (κ1) is 21.0. The normalized spacial score (nSPS) is 16.3. The number of aromatic nitrogens is 1. The maximum atomic E-state index is 13.3. The summed E-state index contributed by atoms with van der Waals surface area (Å²) in [6.45, 7) is 5.46. The Morgan fingerprint density at radius 1 is 1.26 bits per heavy atom. The number of benzene rings is 1. The van der Waals surface area contributed by atoms with E-state index in [-0.39, 0.29) is 12.2 Å². The molecule has 1 atom stereocenters. The lowest BCUT2D eigenvalue weighted by molar-refractivity contribution is -0.138. The number of allylic oxidation sites excluding steroid dienone is 2. The summed E-state index contributed by atoms with van der Waals surface area (Å²) in [5, 5.41) is 1.93. The van der Waals surface area contributed by atoms with Crippen molar-refractivity contribution < 1.29 is 9.53 Å². The molecule has 156 valence electrons. The number of ether oxygens (including phenoxy) is 1. The molecule has 0 aliphatic carbocycles. The summed E-state index contributed by atoms with van der Waals surface area (Å²) in [7, 11) is 0. The van der Waals surface area contributed by atoms with Gasteiger partial charge in [-0.25, -0.2) is 9.79 Å². The number of fused-ring (bicyclic) bond motifs is 1. The summed E-state index contributed by atoms with van der Waals surface area (Å²) in [6, 6.07) is 13.1. The minimum absolute atomic E-state index is 0.0987. The number of carbonyl (C=O) groups is 1. The van der Waals surface area contributed by atoms with E-state index in [4.69, 9.17) is 4.74 Å². The first-order valence-corrected chi connectivity index (χ1v) is 11.4. The Hall–Kier alpha value is -3.29. The van der Waals surface area contributed by atoms with E-state index in [2.05, 4.69) is 11.6 Å². The molecule has 0 spiro atoms. The maximum Gasteiger partial charge on any atom is 0.338 e. The van der Waals surface area contributed by atoms with Gasteiger partial charge in [-0.3, -0.25) is 9.36 Å². The van der Waals surface area contributed by atoms with E-state index in [1.807, 2.05) is 60.0 Å². The monoisotopic (exact) mass is 448 g/mol. The fourth-order valence-electron chi connectivity index (χ4n) is 3.34. The van der Waals surface area contributed by atoms with Gasteiger partial charge >= 0.3 is 5.97 Å². The highest BCUT2D eigenvalue weighted by Crippen LogP contribution is 2.33. The number of rotatable bonds is 6. The van der Waals surface area contributed by atoms with Gasteiger partial charge in [-0.1, -0.05) is 72.5 Å². The molecule has 1 aliphatic rings. The Morgan fingerprint density at radius 3 is 2.77 bits per heavy atom. The summed E-state index contributed by atoms with van der Waals surface area (Å²) in [5.41, 5.74) is 1.80. The van der Waals surface area contributed by atoms with E-state index in [0.717, 1.165) is 10.4 Å². The number of hydrogen-bond donors (Lipinski definition) is 0. The fourth-order valence-corrected chi connectivity index (χ4v) is 5.16. The van der Waals surface area contributed by atoms with Crippen LogP contribution in [0.3, 0.4) is 0 Å². The molecule has 3 aromatic rings. The van der Waals surface area contributed by atoms with Gasteiger partial charge in [0.15, 0.2) is 4.80 Å². The molecule has 5 nitrogen and oxygen atoms in total. The van der Waals surface area contributed by atoms with Gasteiger partial charge < -0.3 is 4.74 Å². The summed E-state index contributed by atoms with van der Waals surface area (Å²) >= 11 is 2.80. The van der Waals surface area contributed by atoms with Crippen molar-refractivity contribution in [1.82, 2.24) is 4.57 Å². The standard InChI is InChI=1S/C24H20N2O3S2/c1-3-14-29-23(28)20-16(2)25-24-26(21(20)18-13-8-15-30-18)22(27)19(31-24)12-7-11-17-9-5-4-6-10-17/h3-13,15,21H,1,14H2,2H3/b11-7+,19-12+. The lowest BCUT2D eigenvalue weighted by Gasteiger charge is -2.23. The van der Waals surface area contributed by atoms with Crippen molar-refractivity contribution in [2.75, 3.05) is 6.61 Å². The second-order valence-corrected chi connectivity index (χ2v) is 8.76. The number of thiazole rings is 1. The molecule has 0 fully saturated rings. The largest absolute Gasteiger partial charge is 0.458 e. The van der Waals surface area contributed by atoms with E-state index in [9.17, 15) is 9.59 Å². The quantitative estimate of drug-likeness (QED) is 0.427. The minimum Gasteiger partial charge on any atom is -0.458 e. The molecular weight excluding hydrogens is 428 g/mol. The number of esters is 1. The van der Waals surface area contributed by atoms with Gasteiger partial charge in [0, 0.05) is 4.88 Å². The van der Waals surface area contributed by atoms with E-state index in [0.29, 0.717) is 20.6 Å². The molecule has 0 bridgehead atoms. The first-order valence-electron chi connectivity index (χ1n) is 9.66. The second-order valence-electron chi connectivity index (χ2n) is 6.78. The maximum absolute atomic E-state index is 13.3. The van der Waals surface area contributed by atoms with Crippen molar-refractivity contribution in [3.05, 3.63) is 108 Å². The Morgan fingerprint density at radius 2 is 2.06 bits per heavy atom. The van der Waals surface area contributed by atoms with Crippen molar-refractivity contribution in [3.8, 4) is 0 Å². The molecule has 0 radical (unpaired) electrons. The Kier molecular flexibility index (Phi) is 6.25. The van der Waals surface area contributed by atoms with Crippen molar-refractivity contribution >= 4 is 40.8 Å². The Labute approximate surface area is 187 Å². The first-order chi connectivity index (χ1) is 15.1. The van der Waals surface area contributed by atoms with Crippen LogP contribution in [0.1, 0.15) is 23.4 Å². The number of hydrogen-bond acceptors (Lipinski definition) is 6. The van der Waals surface area contributed by atoms with Gasteiger partial charge in [0.1, 0.15) is 12.6 Å². The van der Waals surface area contributed by atoms with Crippen LogP contribution in [-0.4, -0.2) is 17.1 Å². The van der Waals surface area contributed by atoms with Crippen LogP contribution in [-0.2, 0) is 9.53 Å². The molecule has 0 N–H and O–H groups in total. The van der Waals surface area contributed by atoms with E-state index >= 15 is 0 Å². The van der Waals surface area contributed by atoms with Crippen molar-refractivity contribution in [2.45, 2.75) is 13.0 Å². The molecule has 0 saturated heterocycles. The molecule has 3 heterocycles. The van der Waals surface area contributed by atoms with Crippen LogP contribution in [0.5, 0.6) is 0 Å². The number of nitrogens with zero attached hydrogens (tertiary/aromatic N) is 2. The number of thiophene rings is 1. The van der Waals surface area contributed by atoms with Crippen LogP contribution in [0.15, 0.2) is 87.6 Å². The zero-order chi connectivity index (χ0) is 21.8. The average molecular weight is 449 g/mol. The van der Waals surface area contributed by atoms with E-state index < -0.39 is 12.0 Å². The van der Waals surface area contributed by atoms with Crippen LogP contribution in [0.2, 0.25) is 0 Å². The Balaban J connectivity index is 1.81. The highest BCUT2D eigenvalue weighted by Gasteiger charge is 2.33. The smallest absolute Gasteiger partial charge is 0.338 e. The zero-order valence-corrected chi connectivity index (χ0v) is 18.5. The molecule has 0 saturated carbocycles. The molecule has 31 heavy (non-hydrogen) atoms. The lowest BCUT2D eigenvalue weighted by atomic mass is 10.0. The van der Waals surface area contributed by atoms with Gasteiger partial charge in [0.05, 0.1) is 15.8 Å². The minimum atomic E-state index is -0.561. The molecule has 1 aliphatic heterocycles. The molecular formula is C24H20N2O3S2. The highest BCUT2D eigenvalue weighted by molar-refractivity contribution is 7.10. The van der Waals surface area contributed by atoms with Gasteiger partial charge in [0.25, 0.3) is 5.56 Å². The van der Waals surface area contributed by atoms with E-state index in [1.165, 1.54) is 28.7 Å². The average Bonchev–Trinajstić information content (AvgIpc) is 3.41. The number of carbonyl (C=O) groups excluding carboxylic acids is 1. The SMILES string of the molecule is C=CCOC(=O)C1=C(C)N=c2s/c(=C/C=C/c3ccccc3)c(=O)n2C1c1cccs1. The molecule has 7 heteroatoms. The van der Waals surface area contributed by atoms with Crippen LogP contribution < -0.4 is 14.9 Å². The van der Waals surface area contributed by atoms with Gasteiger partial charge in [-0.2, -0.15) is 0 Å². The Bertz CT molecular complexity index is 1340. The van der Waals surface area contributed by atoms with Crippen LogP contribution in [0.4, 0.5) is 0 Å². The second kappa shape index (κ2) is 9.24. The predicted molar refractivity (Wildman–Crippen MR) is 126 cm³/mol. The third-order valence-corrected chi connectivity index (χ3v) is 6.65. The topological polar surface area (TPSA) is 60.7 Å². The van der Waals surface area contributed by atoms with Crippen LogP contribution in [0, 0.1) is 0 Å². The van der Waals surface area contributed by atoms with Gasteiger partial charge in [0.2, 0.25) is 0 Å². The molecule has 0 amide bonds.